The molecule has 0 saturated carbocycles. The lowest BCUT2D eigenvalue weighted by Crippen LogP contribution is -2.40. The third-order valence-electron chi connectivity index (χ3n) is 6.75. The van der Waals surface area contributed by atoms with Gasteiger partial charge < -0.3 is 24.1 Å². The molecule has 11 heteroatoms. The number of ether oxygens (including phenoxy) is 4. The molecule has 1 aliphatic rings. The zero-order valence-electron chi connectivity index (χ0n) is 23.9. The smallest absolute Gasteiger partial charge is 0.338 e. The molecule has 0 radical (unpaired) electrons. The van der Waals surface area contributed by atoms with Crippen LogP contribution in [0.25, 0.3) is 11.8 Å². The molecule has 1 aromatic heterocycles. The summed E-state index contributed by atoms with van der Waals surface area (Å²) in [6.07, 6.45) is 1.73. The zero-order chi connectivity index (χ0) is 30.7. The van der Waals surface area contributed by atoms with Crippen LogP contribution in [0.3, 0.4) is 0 Å². The normalized spacial score (nSPS) is 14.6. The van der Waals surface area contributed by atoms with Crippen molar-refractivity contribution in [3.8, 4) is 23.0 Å². The van der Waals surface area contributed by atoms with E-state index in [0.29, 0.717) is 59.1 Å². The summed E-state index contributed by atoms with van der Waals surface area (Å²) in [5.74, 6) is 0.753. The molecule has 5 rings (SSSR count). The van der Waals surface area contributed by atoms with E-state index in [-0.39, 0.29) is 23.5 Å². The fourth-order valence-electron chi connectivity index (χ4n) is 4.87. The lowest BCUT2D eigenvalue weighted by Gasteiger charge is -2.26. The average molecular weight is 713 g/mol. The highest BCUT2D eigenvalue weighted by Crippen LogP contribution is 2.38. The monoisotopic (exact) mass is 712 g/mol. The summed E-state index contributed by atoms with van der Waals surface area (Å²) in [7, 11) is 3.07. The highest BCUT2D eigenvalue weighted by molar-refractivity contribution is 14.1. The van der Waals surface area contributed by atoms with Crippen LogP contribution >= 0.6 is 33.9 Å². The maximum Gasteiger partial charge on any atom is 0.338 e. The third kappa shape index (κ3) is 5.91. The second kappa shape index (κ2) is 13.0. The number of phenols is 1. The van der Waals surface area contributed by atoms with Gasteiger partial charge in [0.25, 0.3) is 5.56 Å². The first-order valence-corrected chi connectivity index (χ1v) is 15.4. The molecule has 0 aliphatic carbocycles. The van der Waals surface area contributed by atoms with E-state index in [2.05, 4.69) is 0 Å². The van der Waals surface area contributed by atoms with Gasteiger partial charge in [-0.2, -0.15) is 0 Å². The number of thiazole rings is 1. The molecule has 0 amide bonds. The van der Waals surface area contributed by atoms with Crippen LogP contribution in [0, 0.1) is 3.57 Å². The van der Waals surface area contributed by atoms with Gasteiger partial charge in [0.05, 0.1) is 52.8 Å². The molecule has 9 nitrogen and oxygen atoms in total. The third-order valence-corrected chi connectivity index (χ3v) is 8.55. The van der Waals surface area contributed by atoms with Gasteiger partial charge in [-0.15, -0.1) is 0 Å². The van der Waals surface area contributed by atoms with Crippen LogP contribution in [0.15, 0.2) is 76.0 Å². The van der Waals surface area contributed by atoms with Crippen molar-refractivity contribution in [2.24, 2.45) is 4.99 Å². The number of aromatic hydroxyl groups is 1. The summed E-state index contributed by atoms with van der Waals surface area (Å²) in [5.41, 5.74) is 2.32. The van der Waals surface area contributed by atoms with Crippen LogP contribution in [-0.2, 0) is 9.53 Å². The first kappa shape index (κ1) is 30.4. The SMILES string of the molecule is CCOC(=O)C1=C(c2ccccc2)N=c2s/c(=C\c3cc(I)c(O)c(OCC)c3)c(=O)n2[C@H]1c1ccc(OC)c(OC)c1. The maximum absolute atomic E-state index is 14.2. The molecule has 1 aliphatic heterocycles. The van der Waals surface area contributed by atoms with Gasteiger partial charge >= 0.3 is 5.97 Å². The Morgan fingerprint density at radius 1 is 1.02 bits per heavy atom. The highest BCUT2D eigenvalue weighted by atomic mass is 127. The highest BCUT2D eigenvalue weighted by Gasteiger charge is 2.35. The van der Waals surface area contributed by atoms with E-state index in [1.165, 1.54) is 23.0 Å². The number of halogens is 1. The average Bonchev–Trinajstić information content (AvgIpc) is 3.33. The van der Waals surface area contributed by atoms with Crippen LogP contribution < -0.4 is 29.1 Å². The number of methoxy groups -OCH3 is 2. The summed E-state index contributed by atoms with van der Waals surface area (Å²) in [6.45, 7) is 4.09. The minimum absolute atomic E-state index is 0.0427. The van der Waals surface area contributed by atoms with E-state index in [1.807, 2.05) is 59.8 Å². The van der Waals surface area contributed by atoms with E-state index in [9.17, 15) is 14.7 Å². The minimum Gasteiger partial charge on any atom is -0.504 e. The molecule has 0 bridgehead atoms. The topological polar surface area (TPSA) is 109 Å². The predicted molar refractivity (Wildman–Crippen MR) is 173 cm³/mol. The summed E-state index contributed by atoms with van der Waals surface area (Å²) in [6, 6.07) is 17.2. The number of fused-ring (bicyclic) bond motifs is 1. The van der Waals surface area contributed by atoms with Gasteiger partial charge in [0.1, 0.15) is 0 Å². The number of hydrogen-bond acceptors (Lipinski definition) is 9. The van der Waals surface area contributed by atoms with E-state index in [0.717, 1.165) is 0 Å². The van der Waals surface area contributed by atoms with Crippen molar-refractivity contribution in [2.45, 2.75) is 19.9 Å². The second-order valence-corrected chi connectivity index (χ2v) is 11.5. The van der Waals surface area contributed by atoms with Crippen molar-refractivity contribution in [2.75, 3.05) is 27.4 Å². The fraction of sp³-hybridized carbons (Fsp3) is 0.219. The molecule has 222 valence electrons. The second-order valence-electron chi connectivity index (χ2n) is 9.33. The van der Waals surface area contributed by atoms with Gasteiger partial charge in [-0.3, -0.25) is 9.36 Å². The molecule has 43 heavy (non-hydrogen) atoms. The van der Waals surface area contributed by atoms with Crippen LogP contribution in [0.2, 0.25) is 0 Å². The number of carbonyl (C=O) groups is 1. The summed E-state index contributed by atoms with van der Waals surface area (Å²) in [5, 5.41) is 10.4. The van der Waals surface area contributed by atoms with Crippen LogP contribution in [0.1, 0.15) is 36.6 Å². The van der Waals surface area contributed by atoms with Gasteiger partial charge in [0.15, 0.2) is 27.8 Å². The van der Waals surface area contributed by atoms with E-state index < -0.39 is 12.0 Å². The van der Waals surface area contributed by atoms with Crippen molar-refractivity contribution in [1.82, 2.24) is 4.57 Å². The molecule has 0 unspecified atom stereocenters. The number of phenolic OH excluding ortho intramolecular Hbond substituents is 1. The Labute approximate surface area is 265 Å². The van der Waals surface area contributed by atoms with Gasteiger partial charge in [0, 0.05) is 5.56 Å². The Kier molecular flexibility index (Phi) is 9.21. The van der Waals surface area contributed by atoms with Gasteiger partial charge in [-0.05, 0) is 77.9 Å². The molecule has 3 aromatic carbocycles. The van der Waals surface area contributed by atoms with E-state index in [4.69, 9.17) is 23.9 Å². The molecular formula is C32H29IN2O7S. The number of esters is 1. The molecule has 2 heterocycles. The van der Waals surface area contributed by atoms with Crippen LogP contribution in [0.4, 0.5) is 0 Å². The Morgan fingerprint density at radius 3 is 2.44 bits per heavy atom. The van der Waals surface area contributed by atoms with Crippen molar-refractivity contribution in [1.29, 1.82) is 0 Å². The predicted octanol–water partition coefficient (Wildman–Crippen LogP) is 4.66. The van der Waals surface area contributed by atoms with Gasteiger partial charge in [-0.25, -0.2) is 9.79 Å². The molecule has 1 atom stereocenters. The first-order valence-electron chi connectivity index (χ1n) is 13.5. The Bertz CT molecular complexity index is 1900. The summed E-state index contributed by atoms with van der Waals surface area (Å²) < 4.78 is 24.6. The molecule has 0 spiro atoms. The Morgan fingerprint density at radius 2 is 1.77 bits per heavy atom. The molecule has 1 N–H and O–H groups in total. The van der Waals surface area contributed by atoms with Crippen molar-refractivity contribution in [3.05, 3.63) is 106 Å². The quantitative estimate of drug-likeness (QED) is 0.199. The van der Waals surface area contributed by atoms with E-state index in [1.54, 1.807) is 50.4 Å². The molecular weight excluding hydrogens is 683 g/mol. The first-order chi connectivity index (χ1) is 20.8. The fourth-order valence-corrected chi connectivity index (χ4v) is 6.50. The van der Waals surface area contributed by atoms with Gasteiger partial charge in [-0.1, -0.05) is 47.7 Å². The Balaban J connectivity index is 1.82. The number of aromatic nitrogens is 1. The summed E-state index contributed by atoms with van der Waals surface area (Å²) in [4.78, 5) is 33.1. The lowest BCUT2D eigenvalue weighted by molar-refractivity contribution is -0.138. The largest absolute Gasteiger partial charge is 0.504 e. The lowest BCUT2D eigenvalue weighted by atomic mass is 9.93. The number of rotatable bonds is 9. The maximum atomic E-state index is 14.2. The number of nitrogens with zero attached hydrogens (tertiary/aromatic N) is 2. The summed E-state index contributed by atoms with van der Waals surface area (Å²) >= 11 is 3.23. The molecule has 0 fully saturated rings. The number of benzene rings is 3. The number of hydrogen-bond donors (Lipinski definition) is 1. The number of carbonyl (C=O) groups excluding carboxylic acids is 1. The molecule has 4 aromatic rings. The van der Waals surface area contributed by atoms with Crippen LogP contribution in [0.5, 0.6) is 23.0 Å². The van der Waals surface area contributed by atoms with Crippen molar-refractivity contribution >= 4 is 51.7 Å². The Hall–Kier alpha value is -4.10. The van der Waals surface area contributed by atoms with Crippen molar-refractivity contribution in [3.63, 3.8) is 0 Å². The van der Waals surface area contributed by atoms with Gasteiger partial charge in [0.2, 0.25) is 0 Å². The zero-order valence-corrected chi connectivity index (χ0v) is 26.9. The van der Waals surface area contributed by atoms with E-state index >= 15 is 0 Å². The standard InChI is InChI=1S/C32H29IN2O7S/c1-5-41-24-15-18(14-21(33)29(24)36)16-25-30(37)35-28(20-12-13-22(39-3)23(17-20)40-4)26(31(38)42-6-2)27(34-32(35)43-25)19-10-8-7-9-11-19/h7-17,28,36H,5-6H2,1-4H3/b25-16-/t28-/m0/s1. The van der Waals surface area contributed by atoms with Crippen LogP contribution in [-0.4, -0.2) is 43.1 Å². The molecule has 0 saturated heterocycles. The minimum atomic E-state index is -0.869. The van der Waals surface area contributed by atoms with Crippen molar-refractivity contribution < 1.29 is 28.8 Å².